The molecule has 0 spiro atoms. The lowest BCUT2D eigenvalue weighted by atomic mass is 10.1. The average Bonchev–Trinajstić information content (AvgIpc) is 2.81. The Morgan fingerprint density at radius 3 is 2.42 bits per heavy atom. The number of hydrogen-bond donors (Lipinski definition) is 0. The Balaban J connectivity index is 2.09. The normalized spacial score (nSPS) is 10.6. The van der Waals surface area contributed by atoms with Gasteiger partial charge in [0.05, 0.1) is 0 Å². The van der Waals surface area contributed by atoms with Gasteiger partial charge in [-0.15, -0.1) is 0 Å². The number of halogens is 2. The van der Waals surface area contributed by atoms with Gasteiger partial charge in [-0.05, 0) is 12.1 Å². The van der Waals surface area contributed by atoms with Crippen LogP contribution in [-0.2, 0) is 0 Å². The number of aromatic nitrogens is 1. The highest BCUT2D eigenvalue weighted by molar-refractivity contribution is 6.30. The smallest absolute Gasteiger partial charge is 0.203 e. The molecule has 0 saturated carbocycles. The molecule has 94 valence electrons. The van der Waals surface area contributed by atoms with E-state index in [1.54, 1.807) is 36.4 Å². The molecular formula is C15H9ClFNO. The zero-order valence-corrected chi connectivity index (χ0v) is 10.6. The first-order valence-corrected chi connectivity index (χ1v) is 6.10. The van der Waals surface area contributed by atoms with Crippen molar-refractivity contribution < 1.29 is 8.91 Å². The molecule has 0 radical (unpaired) electrons. The molecule has 0 amide bonds. The van der Waals surface area contributed by atoms with E-state index in [0.29, 0.717) is 16.1 Å². The summed E-state index contributed by atoms with van der Waals surface area (Å²) < 4.78 is 19.4. The molecule has 0 fully saturated rings. The fourth-order valence-electron chi connectivity index (χ4n) is 1.86. The summed E-state index contributed by atoms with van der Waals surface area (Å²) in [6.45, 7) is 0. The van der Waals surface area contributed by atoms with Gasteiger partial charge < -0.3 is 4.52 Å². The van der Waals surface area contributed by atoms with E-state index in [1.165, 1.54) is 0 Å². The van der Waals surface area contributed by atoms with Crippen molar-refractivity contribution in [3.63, 3.8) is 0 Å². The Kier molecular flexibility index (Phi) is 3.05. The highest BCUT2D eigenvalue weighted by atomic mass is 35.5. The van der Waals surface area contributed by atoms with Crippen LogP contribution in [0.3, 0.4) is 0 Å². The lowest BCUT2D eigenvalue weighted by Crippen LogP contribution is -1.82. The molecule has 0 aliphatic rings. The lowest BCUT2D eigenvalue weighted by Gasteiger charge is -1.97. The molecule has 19 heavy (non-hydrogen) atoms. The molecule has 3 aromatic rings. The van der Waals surface area contributed by atoms with Crippen molar-refractivity contribution in [3.05, 3.63) is 65.4 Å². The minimum absolute atomic E-state index is 0.0985. The summed E-state index contributed by atoms with van der Waals surface area (Å²) in [5.41, 5.74) is 1.45. The fraction of sp³-hybridized carbons (Fsp3) is 0. The van der Waals surface area contributed by atoms with Crippen molar-refractivity contribution in [2.45, 2.75) is 0 Å². The van der Waals surface area contributed by atoms with Crippen LogP contribution in [-0.4, -0.2) is 5.16 Å². The maximum absolute atomic E-state index is 14.3. The quantitative estimate of drug-likeness (QED) is 0.670. The standard InChI is InChI=1S/C15H9ClFNO/c16-12-8-4-7-11(9-12)15-13(17)14(18-19-15)10-5-2-1-3-6-10/h1-9H. The van der Waals surface area contributed by atoms with Crippen LogP contribution >= 0.6 is 11.6 Å². The van der Waals surface area contributed by atoms with Crippen LogP contribution < -0.4 is 0 Å². The van der Waals surface area contributed by atoms with Crippen LogP contribution in [0.4, 0.5) is 4.39 Å². The summed E-state index contributed by atoms with van der Waals surface area (Å²) in [4.78, 5) is 0. The molecule has 4 heteroatoms. The molecule has 0 aliphatic heterocycles. The van der Waals surface area contributed by atoms with Crippen LogP contribution in [0.25, 0.3) is 22.6 Å². The molecule has 0 N–H and O–H groups in total. The molecule has 0 unspecified atom stereocenters. The minimum atomic E-state index is -0.478. The van der Waals surface area contributed by atoms with Crippen LogP contribution in [0.5, 0.6) is 0 Å². The summed E-state index contributed by atoms with van der Waals surface area (Å²) in [5.74, 6) is -0.380. The lowest BCUT2D eigenvalue weighted by molar-refractivity contribution is 0.429. The summed E-state index contributed by atoms with van der Waals surface area (Å²) in [6.07, 6.45) is 0. The van der Waals surface area contributed by atoms with Gasteiger partial charge in [-0.25, -0.2) is 4.39 Å². The van der Waals surface area contributed by atoms with Crippen molar-refractivity contribution >= 4 is 11.6 Å². The van der Waals surface area contributed by atoms with Crippen LogP contribution in [0.2, 0.25) is 5.02 Å². The Morgan fingerprint density at radius 1 is 0.947 bits per heavy atom. The van der Waals surface area contributed by atoms with E-state index in [1.807, 2.05) is 18.2 Å². The third-order valence-electron chi connectivity index (χ3n) is 2.77. The highest BCUT2D eigenvalue weighted by Crippen LogP contribution is 2.31. The number of hydrogen-bond acceptors (Lipinski definition) is 2. The second-order valence-electron chi connectivity index (χ2n) is 4.05. The Labute approximate surface area is 114 Å². The largest absolute Gasteiger partial charge is 0.352 e. The summed E-state index contributed by atoms with van der Waals surface area (Å²) >= 11 is 5.89. The predicted molar refractivity (Wildman–Crippen MR) is 72.3 cm³/mol. The van der Waals surface area contributed by atoms with Gasteiger partial charge in [-0.3, -0.25) is 0 Å². The van der Waals surface area contributed by atoms with E-state index < -0.39 is 5.82 Å². The Hall–Kier alpha value is -2.13. The third-order valence-corrected chi connectivity index (χ3v) is 3.00. The molecule has 1 heterocycles. The number of benzene rings is 2. The summed E-state index contributed by atoms with van der Waals surface area (Å²) in [7, 11) is 0. The molecular weight excluding hydrogens is 265 g/mol. The first-order valence-electron chi connectivity index (χ1n) is 5.72. The SMILES string of the molecule is Fc1c(-c2ccccc2)noc1-c1cccc(Cl)c1. The van der Waals surface area contributed by atoms with Crippen LogP contribution in [0.1, 0.15) is 0 Å². The van der Waals surface area contributed by atoms with E-state index in [2.05, 4.69) is 5.16 Å². The van der Waals surface area contributed by atoms with Gasteiger partial charge in [-0.2, -0.15) is 0 Å². The van der Waals surface area contributed by atoms with Crippen molar-refractivity contribution in [2.24, 2.45) is 0 Å². The summed E-state index contributed by atoms with van der Waals surface area (Å²) in [5, 5.41) is 4.32. The molecule has 0 aliphatic carbocycles. The highest BCUT2D eigenvalue weighted by Gasteiger charge is 2.18. The third kappa shape index (κ3) is 2.25. The predicted octanol–water partition coefficient (Wildman–Crippen LogP) is 4.80. The fourth-order valence-corrected chi connectivity index (χ4v) is 2.05. The second-order valence-corrected chi connectivity index (χ2v) is 4.49. The topological polar surface area (TPSA) is 26.0 Å². The second kappa shape index (κ2) is 4.86. The van der Waals surface area contributed by atoms with Gasteiger partial charge in [0.1, 0.15) is 5.69 Å². The van der Waals surface area contributed by atoms with Crippen molar-refractivity contribution in [3.8, 4) is 22.6 Å². The van der Waals surface area contributed by atoms with Crippen LogP contribution in [0.15, 0.2) is 59.1 Å². The maximum Gasteiger partial charge on any atom is 0.203 e. The molecule has 3 rings (SSSR count). The maximum atomic E-state index is 14.3. The Bertz CT molecular complexity index is 709. The summed E-state index contributed by atoms with van der Waals surface area (Å²) in [6, 6.07) is 15.9. The molecule has 2 aromatic carbocycles. The van der Waals surface area contributed by atoms with E-state index in [4.69, 9.17) is 16.1 Å². The van der Waals surface area contributed by atoms with E-state index >= 15 is 0 Å². The average molecular weight is 274 g/mol. The van der Waals surface area contributed by atoms with Gasteiger partial charge in [-0.1, -0.05) is 59.2 Å². The zero-order chi connectivity index (χ0) is 13.2. The Morgan fingerprint density at radius 2 is 1.68 bits per heavy atom. The number of nitrogens with zero attached hydrogens (tertiary/aromatic N) is 1. The van der Waals surface area contributed by atoms with E-state index in [-0.39, 0.29) is 11.5 Å². The molecule has 1 aromatic heterocycles. The molecule has 0 atom stereocenters. The monoisotopic (exact) mass is 273 g/mol. The molecule has 0 saturated heterocycles. The first kappa shape index (κ1) is 11.9. The van der Waals surface area contributed by atoms with E-state index in [9.17, 15) is 4.39 Å². The zero-order valence-electron chi connectivity index (χ0n) is 9.81. The van der Waals surface area contributed by atoms with Gasteiger partial charge in [0.25, 0.3) is 0 Å². The van der Waals surface area contributed by atoms with Gasteiger partial charge >= 0.3 is 0 Å². The van der Waals surface area contributed by atoms with Crippen molar-refractivity contribution in [1.82, 2.24) is 5.16 Å². The van der Waals surface area contributed by atoms with Gasteiger partial charge in [0.15, 0.2) is 5.82 Å². The molecule has 0 bridgehead atoms. The van der Waals surface area contributed by atoms with Crippen molar-refractivity contribution in [1.29, 1.82) is 0 Å². The van der Waals surface area contributed by atoms with Gasteiger partial charge in [0, 0.05) is 16.1 Å². The molecule has 2 nitrogen and oxygen atoms in total. The van der Waals surface area contributed by atoms with Crippen LogP contribution in [0, 0.1) is 5.82 Å². The number of rotatable bonds is 2. The van der Waals surface area contributed by atoms with Gasteiger partial charge in [0.2, 0.25) is 5.76 Å². The first-order chi connectivity index (χ1) is 9.25. The van der Waals surface area contributed by atoms with Crippen molar-refractivity contribution in [2.75, 3.05) is 0 Å². The van der Waals surface area contributed by atoms with E-state index in [0.717, 1.165) is 0 Å². The minimum Gasteiger partial charge on any atom is -0.352 e.